The van der Waals surface area contributed by atoms with Gasteiger partial charge in [-0.2, -0.15) is 0 Å². The topological polar surface area (TPSA) is 69.9 Å². The number of halogens is 1. The Morgan fingerprint density at radius 1 is 1.13 bits per heavy atom. The van der Waals surface area contributed by atoms with Gasteiger partial charge in [0.15, 0.2) is 0 Å². The molecule has 3 aromatic rings. The van der Waals surface area contributed by atoms with Crippen molar-refractivity contribution < 1.29 is 15.0 Å². The number of hydrogen-bond donors (Lipinski definition) is 2. The van der Waals surface area contributed by atoms with Crippen molar-refractivity contribution in [3.63, 3.8) is 0 Å². The van der Waals surface area contributed by atoms with Crippen molar-refractivity contribution in [2.45, 2.75) is 27.2 Å². The van der Waals surface area contributed by atoms with E-state index < -0.39 is 5.97 Å². The number of hydrogen-bond acceptors (Lipinski definition) is 5. The van der Waals surface area contributed by atoms with Gasteiger partial charge in [-0.05, 0) is 55.2 Å². The first-order valence-electron chi connectivity index (χ1n) is 9.60. The van der Waals surface area contributed by atoms with E-state index in [1.54, 1.807) is 12.1 Å². The predicted octanol–water partition coefficient (Wildman–Crippen LogP) is 6.51. The van der Waals surface area contributed by atoms with Crippen molar-refractivity contribution in [1.29, 1.82) is 0 Å². The molecule has 0 fully saturated rings. The number of aliphatic imine (C=N–C) groups is 1. The van der Waals surface area contributed by atoms with Gasteiger partial charge in [0, 0.05) is 27.9 Å². The summed E-state index contributed by atoms with van der Waals surface area (Å²) in [6, 6.07) is 11.0. The number of carboxylic acids is 1. The molecule has 0 aliphatic rings. The lowest BCUT2D eigenvalue weighted by Crippen LogP contribution is -2.07. The highest BCUT2D eigenvalue weighted by Crippen LogP contribution is 2.39. The Morgan fingerprint density at radius 3 is 2.52 bits per heavy atom. The highest BCUT2D eigenvalue weighted by molar-refractivity contribution is 7.80. The number of thiophene rings is 1. The van der Waals surface area contributed by atoms with E-state index in [0.29, 0.717) is 29.1 Å². The minimum absolute atomic E-state index is 0.0673. The number of thiocarbonyl (C=S) groups is 1. The SMILES string of the molecule is CC(=NCC(=S)Cc1ccc(C(=O)O)c(Cl)c1)c1csc(-c2ccc(C)c(C)c2)c1O. The van der Waals surface area contributed by atoms with Crippen LogP contribution in [0.25, 0.3) is 10.4 Å². The molecule has 1 heterocycles. The number of aromatic carboxylic acids is 1. The summed E-state index contributed by atoms with van der Waals surface area (Å²) >= 11 is 13.0. The minimum Gasteiger partial charge on any atom is -0.506 e. The molecule has 160 valence electrons. The molecule has 2 aromatic carbocycles. The Kier molecular flexibility index (Phi) is 7.26. The van der Waals surface area contributed by atoms with Gasteiger partial charge >= 0.3 is 5.97 Å². The number of carbonyl (C=O) groups is 1. The summed E-state index contributed by atoms with van der Waals surface area (Å²) in [7, 11) is 0. The number of nitrogens with zero attached hydrogens (tertiary/aromatic N) is 1. The van der Waals surface area contributed by atoms with E-state index in [1.807, 2.05) is 18.4 Å². The number of aryl methyl sites for hydroxylation is 2. The first-order chi connectivity index (χ1) is 14.7. The molecule has 2 N–H and O–H groups in total. The van der Waals surface area contributed by atoms with Crippen molar-refractivity contribution in [1.82, 2.24) is 0 Å². The summed E-state index contributed by atoms with van der Waals surface area (Å²) in [6.45, 7) is 6.30. The molecule has 0 aliphatic heterocycles. The summed E-state index contributed by atoms with van der Waals surface area (Å²) in [6.07, 6.45) is 0.468. The fraction of sp³-hybridized carbons (Fsp3) is 0.208. The standard InChI is InChI=1S/C24H22ClNO3S2/c1-13-4-6-17(8-14(13)2)23-22(27)20(12-31-23)15(3)26-11-18(30)9-16-5-7-19(24(28)29)21(25)10-16/h4-8,10,12,27H,9,11H2,1-3H3,(H,28,29). The third-order valence-electron chi connectivity index (χ3n) is 5.08. The zero-order chi connectivity index (χ0) is 22.7. The molecule has 4 nitrogen and oxygen atoms in total. The van der Waals surface area contributed by atoms with Crippen LogP contribution in [0.2, 0.25) is 5.02 Å². The smallest absolute Gasteiger partial charge is 0.337 e. The lowest BCUT2D eigenvalue weighted by molar-refractivity contribution is 0.0697. The van der Waals surface area contributed by atoms with Gasteiger partial charge < -0.3 is 10.2 Å². The van der Waals surface area contributed by atoms with Gasteiger partial charge in [0.05, 0.1) is 22.0 Å². The Hall–Kier alpha value is -2.54. The zero-order valence-electron chi connectivity index (χ0n) is 17.4. The molecular formula is C24H22ClNO3S2. The predicted molar refractivity (Wildman–Crippen MR) is 133 cm³/mol. The van der Waals surface area contributed by atoms with E-state index in [2.05, 4.69) is 31.0 Å². The largest absolute Gasteiger partial charge is 0.506 e. The molecule has 0 saturated carbocycles. The van der Waals surface area contributed by atoms with Crippen LogP contribution in [0.1, 0.15) is 39.5 Å². The molecular weight excluding hydrogens is 450 g/mol. The lowest BCUT2D eigenvalue weighted by Gasteiger charge is -2.06. The summed E-state index contributed by atoms with van der Waals surface area (Å²) in [5.74, 6) is -0.827. The molecule has 31 heavy (non-hydrogen) atoms. The average Bonchev–Trinajstić information content (AvgIpc) is 3.09. The zero-order valence-corrected chi connectivity index (χ0v) is 19.8. The number of carboxylic acid groups (broad SMARTS) is 1. The summed E-state index contributed by atoms with van der Waals surface area (Å²) in [5.41, 5.74) is 5.70. The molecule has 0 amide bonds. The first-order valence-corrected chi connectivity index (χ1v) is 11.3. The molecule has 0 spiro atoms. The second kappa shape index (κ2) is 9.73. The maximum absolute atomic E-state index is 11.1. The van der Waals surface area contributed by atoms with Gasteiger partial charge in [0.1, 0.15) is 5.75 Å². The van der Waals surface area contributed by atoms with E-state index in [-0.39, 0.29) is 16.3 Å². The molecule has 7 heteroatoms. The number of rotatable bonds is 7. The molecule has 1 aromatic heterocycles. The highest BCUT2D eigenvalue weighted by Gasteiger charge is 2.15. The second-order valence-electron chi connectivity index (χ2n) is 7.36. The maximum Gasteiger partial charge on any atom is 0.337 e. The van der Waals surface area contributed by atoms with Crippen LogP contribution in [0.3, 0.4) is 0 Å². The van der Waals surface area contributed by atoms with Gasteiger partial charge in [0.25, 0.3) is 0 Å². The van der Waals surface area contributed by atoms with E-state index in [0.717, 1.165) is 16.0 Å². The van der Waals surface area contributed by atoms with Crippen LogP contribution in [0.5, 0.6) is 5.75 Å². The van der Waals surface area contributed by atoms with Crippen LogP contribution >= 0.6 is 35.2 Å². The Bertz CT molecular complexity index is 1200. The van der Waals surface area contributed by atoms with Crippen molar-refractivity contribution in [3.05, 3.63) is 74.6 Å². The molecule has 0 atom stereocenters. The van der Waals surface area contributed by atoms with Crippen LogP contribution in [-0.4, -0.2) is 33.3 Å². The van der Waals surface area contributed by atoms with Gasteiger partial charge in [0.2, 0.25) is 0 Å². The van der Waals surface area contributed by atoms with Crippen LogP contribution in [0.15, 0.2) is 46.8 Å². The van der Waals surface area contributed by atoms with E-state index in [9.17, 15) is 9.90 Å². The first kappa shape index (κ1) is 23.1. The van der Waals surface area contributed by atoms with Crippen LogP contribution in [-0.2, 0) is 6.42 Å². The Labute approximate surface area is 195 Å². The number of aromatic hydroxyl groups is 1. The second-order valence-corrected chi connectivity index (χ2v) is 9.23. The van der Waals surface area contributed by atoms with Crippen molar-refractivity contribution in [2.24, 2.45) is 4.99 Å². The van der Waals surface area contributed by atoms with Gasteiger partial charge in [-0.25, -0.2) is 4.79 Å². The fourth-order valence-electron chi connectivity index (χ4n) is 3.11. The van der Waals surface area contributed by atoms with Crippen LogP contribution < -0.4 is 0 Å². The molecule has 0 aliphatic carbocycles. The third kappa shape index (κ3) is 5.39. The molecule has 0 unspecified atom stereocenters. The summed E-state index contributed by atoms with van der Waals surface area (Å²) < 4.78 is 0. The molecule has 3 rings (SSSR count). The fourth-order valence-corrected chi connectivity index (χ4v) is 4.63. The maximum atomic E-state index is 11.1. The molecule has 0 saturated heterocycles. The molecule has 0 bridgehead atoms. The monoisotopic (exact) mass is 471 g/mol. The van der Waals surface area contributed by atoms with Gasteiger partial charge in [-0.15, -0.1) is 11.3 Å². The Morgan fingerprint density at radius 2 is 1.87 bits per heavy atom. The Balaban J connectivity index is 1.71. The third-order valence-corrected chi connectivity index (χ3v) is 6.69. The van der Waals surface area contributed by atoms with Crippen molar-refractivity contribution >= 4 is 51.7 Å². The van der Waals surface area contributed by atoms with E-state index in [4.69, 9.17) is 28.9 Å². The number of benzene rings is 2. The molecule has 0 radical (unpaired) electrons. The summed E-state index contributed by atoms with van der Waals surface area (Å²) in [5, 5.41) is 21.9. The quantitative estimate of drug-likeness (QED) is 0.304. The van der Waals surface area contributed by atoms with Crippen LogP contribution in [0.4, 0.5) is 0 Å². The van der Waals surface area contributed by atoms with Crippen molar-refractivity contribution in [2.75, 3.05) is 6.54 Å². The van der Waals surface area contributed by atoms with E-state index in [1.165, 1.54) is 28.5 Å². The summed E-state index contributed by atoms with van der Waals surface area (Å²) in [4.78, 5) is 17.1. The van der Waals surface area contributed by atoms with Gasteiger partial charge in [-0.1, -0.05) is 48.1 Å². The van der Waals surface area contributed by atoms with Crippen molar-refractivity contribution in [3.8, 4) is 16.2 Å². The van der Waals surface area contributed by atoms with Gasteiger partial charge in [-0.3, -0.25) is 4.99 Å². The average molecular weight is 472 g/mol. The minimum atomic E-state index is -1.06. The van der Waals surface area contributed by atoms with E-state index >= 15 is 0 Å². The van der Waals surface area contributed by atoms with Crippen LogP contribution in [0, 0.1) is 13.8 Å². The highest BCUT2D eigenvalue weighted by atomic mass is 35.5. The lowest BCUT2D eigenvalue weighted by atomic mass is 10.0. The normalized spacial score (nSPS) is 11.5.